The summed E-state index contributed by atoms with van der Waals surface area (Å²) in [4.78, 5) is 24.8. The number of aliphatic carboxylic acids is 1. The summed E-state index contributed by atoms with van der Waals surface area (Å²) in [5.41, 5.74) is 0.394. The first-order valence-electron chi connectivity index (χ1n) is 8.16. The highest BCUT2D eigenvalue weighted by atomic mass is 35.5. The van der Waals surface area contributed by atoms with Gasteiger partial charge in [-0.15, -0.1) is 0 Å². The van der Waals surface area contributed by atoms with E-state index in [1.165, 1.54) is 11.0 Å². The number of nitrogens with two attached hydrogens (primary N) is 1. The van der Waals surface area contributed by atoms with E-state index in [4.69, 9.17) is 27.9 Å². The molecule has 0 aromatic heterocycles. The van der Waals surface area contributed by atoms with Gasteiger partial charge in [0.05, 0.1) is 36.3 Å². The van der Waals surface area contributed by atoms with Crippen molar-refractivity contribution in [2.45, 2.75) is 12.5 Å². The van der Waals surface area contributed by atoms with E-state index in [1.54, 1.807) is 17.4 Å². The minimum absolute atomic E-state index is 0.195. The topological polar surface area (TPSA) is 99.5 Å². The van der Waals surface area contributed by atoms with Gasteiger partial charge in [0, 0.05) is 5.02 Å². The molecule has 1 saturated heterocycles. The minimum Gasteiger partial charge on any atom is -0.544 e. The average Bonchev–Trinajstić information content (AvgIpc) is 2.57. The van der Waals surface area contributed by atoms with E-state index in [0.29, 0.717) is 22.3 Å². The molecule has 25 heavy (non-hydrogen) atoms. The van der Waals surface area contributed by atoms with E-state index < -0.39 is 17.9 Å². The molecule has 0 bridgehead atoms. The molecule has 0 saturated carbocycles. The SMILES string of the molecule is O=C(C[C@@H]([NH2+]CC[NH+]1CCOCC1)C(=O)[O-])Nc1ccc(Cl)cc1Cl. The van der Waals surface area contributed by atoms with Gasteiger partial charge in [0.1, 0.15) is 32.2 Å². The van der Waals surface area contributed by atoms with Crippen molar-refractivity contribution in [1.82, 2.24) is 0 Å². The van der Waals surface area contributed by atoms with Gasteiger partial charge in [0.15, 0.2) is 0 Å². The Hall–Kier alpha value is -1.38. The third kappa shape index (κ3) is 6.80. The lowest BCUT2D eigenvalue weighted by Crippen LogP contribution is -3.17. The van der Waals surface area contributed by atoms with Gasteiger partial charge in [-0.25, -0.2) is 0 Å². The molecule has 1 heterocycles. The second-order valence-electron chi connectivity index (χ2n) is 5.94. The molecule has 0 aliphatic carbocycles. The maximum absolute atomic E-state index is 12.1. The Labute approximate surface area is 156 Å². The Morgan fingerprint density at radius 3 is 2.68 bits per heavy atom. The molecule has 7 nitrogen and oxygen atoms in total. The number of morpholine rings is 1. The quantitative estimate of drug-likeness (QED) is 0.474. The smallest absolute Gasteiger partial charge is 0.230 e. The molecular weight excluding hydrogens is 369 g/mol. The summed E-state index contributed by atoms with van der Waals surface area (Å²) in [6.45, 7) is 4.70. The fraction of sp³-hybridized carbons (Fsp3) is 0.500. The molecule has 1 aliphatic rings. The van der Waals surface area contributed by atoms with Crippen molar-refractivity contribution in [3.63, 3.8) is 0 Å². The molecule has 0 radical (unpaired) electrons. The van der Waals surface area contributed by atoms with Gasteiger partial charge in [0.2, 0.25) is 5.91 Å². The number of carboxylic acids is 1. The summed E-state index contributed by atoms with van der Waals surface area (Å²) in [6.07, 6.45) is -0.195. The van der Waals surface area contributed by atoms with Crippen molar-refractivity contribution in [3.05, 3.63) is 28.2 Å². The van der Waals surface area contributed by atoms with Crippen molar-refractivity contribution >= 4 is 40.8 Å². The maximum Gasteiger partial charge on any atom is 0.230 e. The van der Waals surface area contributed by atoms with Gasteiger partial charge < -0.3 is 30.2 Å². The van der Waals surface area contributed by atoms with Crippen molar-refractivity contribution in [3.8, 4) is 0 Å². The number of rotatable bonds is 8. The zero-order valence-corrected chi connectivity index (χ0v) is 15.2. The summed E-state index contributed by atoms with van der Waals surface area (Å²) in [5.74, 6) is -1.69. The summed E-state index contributed by atoms with van der Waals surface area (Å²) < 4.78 is 5.28. The van der Waals surface area contributed by atoms with Crippen molar-refractivity contribution in [1.29, 1.82) is 0 Å². The van der Waals surface area contributed by atoms with Crippen LogP contribution in [-0.4, -0.2) is 57.3 Å². The van der Waals surface area contributed by atoms with Crippen molar-refractivity contribution in [2.24, 2.45) is 0 Å². The number of benzene rings is 1. The molecule has 1 fully saturated rings. The van der Waals surface area contributed by atoms with Crippen molar-refractivity contribution < 1.29 is 29.6 Å². The number of ether oxygens (including phenoxy) is 1. The first-order chi connectivity index (χ1) is 12.0. The third-order valence-electron chi connectivity index (χ3n) is 4.06. The molecule has 1 aromatic carbocycles. The van der Waals surface area contributed by atoms with Gasteiger partial charge in [-0.2, -0.15) is 0 Å². The van der Waals surface area contributed by atoms with Crippen LogP contribution in [0.15, 0.2) is 18.2 Å². The highest BCUT2D eigenvalue weighted by Gasteiger charge is 2.21. The Kier molecular flexibility index (Phi) is 7.92. The summed E-state index contributed by atoms with van der Waals surface area (Å²) in [7, 11) is 0. The van der Waals surface area contributed by atoms with Gasteiger partial charge in [-0.05, 0) is 18.2 Å². The second-order valence-corrected chi connectivity index (χ2v) is 6.78. The normalized spacial score (nSPS) is 16.4. The average molecular weight is 391 g/mol. The molecule has 0 unspecified atom stereocenters. The molecular formula is C16H22Cl2N3O4+. The lowest BCUT2D eigenvalue weighted by molar-refractivity contribution is -0.920. The van der Waals surface area contributed by atoms with Crippen molar-refractivity contribution in [2.75, 3.05) is 44.7 Å². The van der Waals surface area contributed by atoms with E-state index in [9.17, 15) is 14.7 Å². The highest BCUT2D eigenvalue weighted by molar-refractivity contribution is 6.36. The third-order valence-corrected chi connectivity index (χ3v) is 4.61. The standard InChI is InChI=1S/C16H21Cl2N3O4/c17-11-1-2-13(12(18)9-11)20-15(22)10-14(16(23)24)19-3-4-21-5-7-25-8-6-21/h1-2,9,14,19H,3-8,10H2,(H,20,22)(H,23,24)/p+1/t14-/m1/s1. The monoisotopic (exact) mass is 390 g/mol. The Morgan fingerprint density at radius 1 is 1.32 bits per heavy atom. The van der Waals surface area contributed by atoms with Crippen LogP contribution in [0.1, 0.15) is 6.42 Å². The van der Waals surface area contributed by atoms with Crippen LogP contribution in [0.4, 0.5) is 5.69 Å². The summed E-state index contributed by atoms with van der Waals surface area (Å²) in [6, 6.07) is 3.73. The van der Waals surface area contributed by atoms with Gasteiger partial charge in [-0.1, -0.05) is 23.2 Å². The van der Waals surface area contributed by atoms with Crippen LogP contribution in [-0.2, 0) is 14.3 Å². The fourth-order valence-corrected chi connectivity index (χ4v) is 3.11. The molecule has 1 amide bonds. The summed E-state index contributed by atoms with van der Waals surface area (Å²) in [5, 5.41) is 16.3. The second kappa shape index (κ2) is 9.94. The van der Waals surface area contributed by atoms with Crippen LogP contribution in [0.5, 0.6) is 0 Å². The predicted octanol–water partition coefficient (Wildman–Crippen LogP) is -2.08. The molecule has 138 valence electrons. The number of nitrogens with one attached hydrogen (secondary N) is 2. The van der Waals surface area contributed by atoms with Crippen LogP contribution in [0.25, 0.3) is 0 Å². The summed E-state index contributed by atoms with van der Waals surface area (Å²) >= 11 is 11.8. The zero-order chi connectivity index (χ0) is 18.2. The van der Waals surface area contributed by atoms with Crippen LogP contribution in [0, 0.1) is 0 Å². The van der Waals surface area contributed by atoms with E-state index >= 15 is 0 Å². The largest absolute Gasteiger partial charge is 0.544 e. The van der Waals surface area contributed by atoms with E-state index in [1.807, 2.05) is 0 Å². The first kappa shape index (κ1) is 19.9. The lowest BCUT2D eigenvalue weighted by Gasteiger charge is -2.24. The van der Waals surface area contributed by atoms with E-state index in [-0.39, 0.29) is 6.42 Å². The van der Waals surface area contributed by atoms with Crippen LogP contribution in [0.2, 0.25) is 10.0 Å². The van der Waals surface area contributed by atoms with Crippen LogP contribution in [0.3, 0.4) is 0 Å². The molecule has 1 aromatic rings. The van der Waals surface area contributed by atoms with Crippen LogP contribution >= 0.6 is 23.2 Å². The number of hydrogen-bond donors (Lipinski definition) is 3. The Bertz CT molecular complexity index is 609. The first-order valence-corrected chi connectivity index (χ1v) is 8.91. The van der Waals surface area contributed by atoms with E-state index in [2.05, 4.69) is 5.32 Å². The maximum atomic E-state index is 12.1. The Balaban J connectivity index is 1.81. The van der Waals surface area contributed by atoms with Crippen LogP contribution < -0.4 is 20.6 Å². The lowest BCUT2D eigenvalue weighted by atomic mass is 10.2. The number of amides is 1. The molecule has 1 atom stereocenters. The highest BCUT2D eigenvalue weighted by Crippen LogP contribution is 2.25. The zero-order valence-electron chi connectivity index (χ0n) is 13.7. The Morgan fingerprint density at radius 2 is 2.04 bits per heavy atom. The molecule has 9 heteroatoms. The van der Waals surface area contributed by atoms with Gasteiger partial charge in [-0.3, -0.25) is 4.79 Å². The molecule has 4 N–H and O–H groups in total. The number of hydrogen-bond acceptors (Lipinski definition) is 4. The number of halogens is 2. The number of carbonyl (C=O) groups is 2. The van der Waals surface area contributed by atoms with Gasteiger partial charge >= 0.3 is 0 Å². The van der Waals surface area contributed by atoms with E-state index in [0.717, 1.165) is 32.8 Å². The van der Waals surface area contributed by atoms with Gasteiger partial charge in [0.25, 0.3) is 0 Å². The fourth-order valence-electron chi connectivity index (χ4n) is 2.65. The number of quaternary nitrogens is 2. The molecule has 2 rings (SSSR count). The number of carbonyl (C=O) groups excluding carboxylic acids is 2. The molecule has 1 aliphatic heterocycles. The minimum atomic E-state index is -1.26. The predicted molar refractivity (Wildman–Crippen MR) is 91.7 cm³/mol. The number of anilines is 1. The molecule has 0 spiro atoms. The number of carboxylic acid groups (broad SMARTS) is 1.